The van der Waals surface area contributed by atoms with E-state index in [2.05, 4.69) is 11.4 Å². The highest BCUT2D eigenvalue weighted by atomic mass is 32.2. The van der Waals surface area contributed by atoms with Crippen LogP contribution in [-0.4, -0.2) is 27.8 Å². The molecule has 1 amide bonds. The molecule has 0 radical (unpaired) electrons. The molecule has 1 aliphatic heterocycles. The van der Waals surface area contributed by atoms with Gasteiger partial charge < -0.3 is 5.32 Å². The Kier molecular flexibility index (Phi) is 5.48. The van der Waals surface area contributed by atoms with Crippen LogP contribution in [0.5, 0.6) is 0 Å². The van der Waals surface area contributed by atoms with Gasteiger partial charge in [0.05, 0.1) is 11.7 Å². The Morgan fingerprint density at radius 1 is 1.23 bits per heavy atom. The SMILES string of the molecule is O=C(CC1CSc2nc3c(c(=O)n21)CCCC3)NCCC1=CCCCC1. The predicted molar refractivity (Wildman–Crippen MR) is 104 cm³/mol. The van der Waals surface area contributed by atoms with Crippen molar-refractivity contribution < 1.29 is 4.79 Å². The minimum atomic E-state index is -0.0591. The van der Waals surface area contributed by atoms with Crippen LogP contribution in [-0.2, 0) is 17.6 Å². The van der Waals surface area contributed by atoms with Gasteiger partial charge in [-0.3, -0.25) is 14.2 Å². The van der Waals surface area contributed by atoms with Crippen LogP contribution in [0.15, 0.2) is 21.6 Å². The molecular formula is C20H27N3O2S. The minimum Gasteiger partial charge on any atom is -0.356 e. The summed E-state index contributed by atoms with van der Waals surface area (Å²) in [5.41, 5.74) is 3.45. The number of aryl methyl sites for hydroxylation is 1. The molecule has 1 aromatic heterocycles. The lowest BCUT2D eigenvalue weighted by atomic mass is 9.97. The van der Waals surface area contributed by atoms with Crippen LogP contribution in [0, 0.1) is 0 Å². The number of thioether (sulfide) groups is 1. The Morgan fingerprint density at radius 3 is 2.92 bits per heavy atom. The molecule has 0 bridgehead atoms. The van der Waals surface area contributed by atoms with Crippen molar-refractivity contribution in [2.45, 2.75) is 75.4 Å². The second-order valence-electron chi connectivity index (χ2n) is 7.58. The van der Waals surface area contributed by atoms with Crippen LogP contribution in [0.3, 0.4) is 0 Å². The maximum absolute atomic E-state index is 12.9. The number of amides is 1. The Balaban J connectivity index is 1.37. The van der Waals surface area contributed by atoms with Gasteiger partial charge in [-0.05, 0) is 57.8 Å². The van der Waals surface area contributed by atoms with Crippen molar-refractivity contribution in [1.82, 2.24) is 14.9 Å². The molecule has 6 heteroatoms. The molecule has 5 nitrogen and oxygen atoms in total. The van der Waals surface area contributed by atoms with Gasteiger partial charge >= 0.3 is 0 Å². The summed E-state index contributed by atoms with van der Waals surface area (Å²) in [7, 11) is 0. The smallest absolute Gasteiger partial charge is 0.257 e. The summed E-state index contributed by atoms with van der Waals surface area (Å²) in [6.45, 7) is 0.703. The quantitative estimate of drug-likeness (QED) is 0.636. The first-order chi connectivity index (χ1) is 12.7. The molecule has 0 saturated heterocycles. The second-order valence-corrected chi connectivity index (χ2v) is 8.57. The molecule has 0 spiro atoms. The number of hydrogen-bond donors (Lipinski definition) is 1. The lowest BCUT2D eigenvalue weighted by Crippen LogP contribution is -2.34. The maximum atomic E-state index is 12.9. The van der Waals surface area contributed by atoms with Gasteiger partial charge in [0, 0.05) is 24.3 Å². The summed E-state index contributed by atoms with van der Waals surface area (Å²) < 4.78 is 1.79. The number of hydrogen-bond acceptors (Lipinski definition) is 4. The summed E-state index contributed by atoms with van der Waals surface area (Å²) in [6, 6.07) is -0.0591. The number of nitrogens with zero attached hydrogens (tertiary/aromatic N) is 2. The molecule has 140 valence electrons. The fraction of sp³-hybridized carbons (Fsp3) is 0.650. The fourth-order valence-electron chi connectivity index (χ4n) is 4.24. The molecule has 2 heterocycles. The van der Waals surface area contributed by atoms with Crippen molar-refractivity contribution >= 4 is 17.7 Å². The first-order valence-corrected chi connectivity index (χ1v) is 10.9. The molecule has 4 rings (SSSR count). The third-order valence-electron chi connectivity index (χ3n) is 5.70. The summed E-state index contributed by atoms with van der Waals surface area (Å²) in [6.07, 6.45) is 12.5. The van der Waals surface area contributed by atoms with Gasteiger partial charge in [0.1, 0.15) is 0 Å². The van der Waals surface area contributed by atoms with Gasteiger partial charge in [0.15, 0.2) is 5.16 Å². The molecule has 1 atom stereocenters. The third-order valence-corrected chi connectivity index (χ3v) is 6.79. The molecule has 0 saturated carbocycles. The first-order valence-electron chi connectivity index (χ1n) is 9.94. The van der Waals surface area contributed by atoms with E-state index in [1.165, 1.54) is 31.3 Å². The Bertz CT molecular complexity index is 784. The monoisotopic (exact) mass is 373 g/mol. The number of aromatic nitrogens is 2. The third kappa shape index (κ3) is 3.75. The Labute approximate surface area is 158 Å². The second kappa shape index (κ2) is 7.99. The van der Waals surface area contributed by atoms with Crippen molar-refractivity contribution in [3.05, 3.63) is 33.3 Å². The number of rotatable bonds is 5. The predicted octanol–water partition coefficient (Wildman–Crippen LogP) is 3.17. The van der Waals surface area contributed by atoms with Gasteiger partial charge in [-0.2, -0.15) is 0 Å². The Morgan fingerprint density at radius 2 is 2.08 bits per heavy atom. The number of carbonyl (C=O) groups is 1. The van der Waals surface area contributed by atoms with Gasteiger partial charge in [0.25, 0.3) is 5.56 Å². The molecule has 3 aliphatic rings. The molecular weight excluding hydrogens is 346 g/mol. The van der Waals surface area contributed by atoms with E-state index in [-0.39, 0.29) is 17.5 Å². The van der Waals surface area contributed by atoms with Gasteiger partial charge in [-0.15, -0.1) is 0 Å². The van der Waals surface area contributed by atoms with Crippen LogP contribution in [0.4, 0.5) is 0 Å². The van der Waals surface area contributed by atoms with Gasteiger partial charge in [-0.1, -0.05) is 23.4 Å². The van der Waals surface area contributed by atoms with E-state index in [1.54, 1.807) is 16.3 Å². The standard InChI is InChI=1S/C20H27N3O2S/c24-18(21-11-10-14-6-2-1-3-7-14)12-15-13-26-20-22-17-9-5-4-8-16(17)19(25)23(15)20/h6,15H,1-5,7-13H2,(H,21,24). The highest BCUT2D eigenvalue weighted by Gasteiger charge is 2.30. The van der Waals surface area contributed by atoms with E-state index in [0.29, 0.717) is 13.0 Å². The minimum absolute atomic E-state index is 0.0458. The molecule has 26 heavy (non-hydrogen) atoms. The highest BCUT2D eigenvalue weighted by molar-refractivity contribution is 7.99. The lowest BCUT2D eigenvalue weighted by molar-refractivity contribution is -0.121. The van der Waals surface area contributed by atoms with Crippen LogP contribution in [0.25, 0.3) is 0 Å². The molecule has 1 N–H and O–H groups in total. The summed E-state index contributed by atoms with van der Waals surface area (Å²) >= 11 is 1.61. The van der Waals surface area contributed by atoms with Crippen molar-refractivity contribution in [3.63, 3.8) is 0 Å². The largest absolute Gasteiger partial charge is 0.356 e. The lowest BCUT2D eigenvalue weighted by Gasteiger charge is -2.19. The van der Waals surface area contributed by atoms with E-state index < -0.39 is 0 Å². The van der Waals surface area contributed by atoms with E-state index >= 15 is 0 Å². The van der Waals surface area contributed by atoms with E-state index in [4.69, 9.17) is 4.98 Å². The number of carbonyl (C=O) groups excluding carboxylic acids is 1. The van der Waals surface area contributed by atoms with Crippen LogP contribution < -0.4 is 10.9 Å². The normalized spacial score (nSPS) is 21.7. The zero-order valence-corrected chi connectivity index (χ0v) is 16.1. The van der Waals surface area contributed by atoms with E-state index in [1.807, 2.05) is 0 Å². The maximum Gasteiger partial charge on any atom is 0.257 e. The van der Waals surface area contributed by atoms with Crippen molar-refractivity contribution in [3.8, 4) is 0 Å². The number of allylic oxidation sites excluding steroid dienone is 1. The zero-order valence-electron chi connectivity index (χ0n) is 15.3. The molecule has 0 aromatic carbocycles. The molecule has 1 aromatic rings. The first kappa shape index (κ1) is 17.8. The van der Waals surface area contributed by atoms with Crippen molar-refractivity contribution in [1.29, 1.82) is 0 Å². The van der Waals surface area contributed by atoms with Gasteiger partial charge in [0.2, 0.25) is 5.91 Å². The zero-order chi connectivity index (χ0) is 17.9. The average Bonchev–Trinajstić information content (AvgIpc) is 3.05. The van der Waals surface area contributed by atoms with Crippen LogP contribution >= 0.6 is 11.8 Å². The number of nitrogens with one attached hydrogen (secondary N) is 1. The molecule has 1 unspecified atom stereocenters. The van der Waals surface area contributed by atoms with Crippen LogP contribution in [0.2, 0.25) is 0 Å². The van der Waals surface area contributed by atoms with Gasteiger partial charge in [-0.25, -0.2) is 4.98 Å². The van der Waals surface area contributed by atoms with Crippen LogP contribution in [0.1, 0.15) is 68.7 Å². The molecule has 0 fully saturated rings. The van der Waals surface area contributed by atoms with Crippen molar-refractivity contribution in [2.24, 2.45) is 0 Å². The fourth-order valence-corrected chi connectivity index (χ4v) is 5.40. The molecule has 2 aliphatic carbocycles. The summed E-state index contributed by atoms with van der Waals surface area (Å²) in [5, 5.41) is 3.85. The van der Waals surface area contributed by atoms with E-state index in [9.17, 15) is 9.59 Å². The number of fused-ring (bicyclic) bond motifs is 2. The average molecular weight is 374 g/mol. The van der Waals surface area contributed by atoms with Crippen molar-refractivity contribution in [2.75, 3.05) is 12.3 Å². The topological polar surface area (TPSA) is 64.0 Å². The summed E-state index contributed by atoms with van der Waals surface area (Å²) in [4.78, 5) is 30.0. The Hall–Kier alpha value is -1.56. The highest BCUT2D eigenvalue weighted by Crippen LogP contribution is 2.33. The summed E-state index contributed by atoms with van der Waals surface area (Å²) in [5.74, 6) is 0.813. The van der Waals surface area contributed by atoms with E-state index in [0.717, 1.165) is 54.3 Å².